The van der Waals surface area contributed by atoms with Gasteiger partial charge in [0.25, 0.3) is 5.91 Å². The van der Waals surface area contributed by atoms with Crippen LogP contribution in [0.1, 0.15) is 11.1 Å². The van der Waals surface area contributed by atoms with E-state index < -0.39 is 5.91 Å². The number of carbonyl (C=O) groups is 1. The molecule has 0 unspecified atom stereocenters. The van der Waals surface area contributed by atoms with Crippen LogP contribution in [-0.2, 0) is 11.4 Å². The summed E-state index contributed by atoms with van der Waals surface area (Å²) in [6, 6.07) is 17.4. The third kappa shape index (κ3) is 7.05. The van der Waals surface area contributed by atoms with Crippen LogP contribution < -0.4 is 19.6 Å². The van der Waals surface area contributed by atoms with Crippen LogP contribution in [-0.4, -0.2) is 25.8 Å². The first-order valence-electron chi connectivity index (χ1n) is 9.39. The monoisotopic (exact) mass is 492 g/mol. The molecular formula is C23H19Cl3N2O4. The lowest BCUT2D eigenvalue weighted by Gasteiger charge is -2.11. The fraction of sp³-hybridized carbons (Fsp3) is 0.130. The van der Waals surface area contributed by atoms with E-state index in [1.807, 2.05) is 12.1 Å². The molecule has 166 valence electrons. The van der Waals surface area contributed by atoms with E-state index in [9.17, 15) is 4.79 Å². The Balaban J connectivity index is 1.52. The smallest absolute Gasteiger partial charge is 0.277 e. The van der Waals surface area contributed by atoms with Crippen LogP contribution in [0.5, 0.6) is 17.2 Å². The maximum Gasteiger partial charge on any atom is 0.277 e. The van der Waals surface area contributed by atoms with Crippen LogP contribution in [0.25, 0.3) is 0 Å². The first-order chi connectivity index (χ1) is 15.4. The Hall–Kier alpha value is -2.93. The highest BCUT2D eigenvalue weighted by molar-refractivity contribution is 6.35. The number of amides is 1. The molecule has 3 aromatic rings. The molecule has 0 radical (unpaired) electrons. The zero-order chi connectivity index (χ0) is 22.9. The highest BCUT2D eigenvalue weighted by Gasteiger charge is 2.07. The number of hydrogen-bond acceptors (Lipinski definition) is 5. The zero-order valence-electron chi connectivity index (χ0n) is 17.0. The van der Waals surface area contributed by atoms with Gasteiger partial charge in [-0.15, -0.1) is 0 Å². The predicted octanol–water partition coefficient (Wildman–Crippen LogP) is 5.76. The average molecular weight is 494 g/mol. The predicted molar refractivity (Wildman–Crippen MR) is 126 cm³/mol. The number of hydrogen-bond donors (Lipinski definition) is 1. The second-order valence-corrected chi connectivity index (χ2v) is 7.76. The van der Waals surface area contributed by atoms with E-state index in [0.717, 1.165) is 5.56 Å². The third-order valence-corrected chi connectivity index (χ3v) is 4.93. The van der Waals surface area contributed by atoms with Gasteiger partial charge in [0.2, 0.25) is 0 Å². The van der Waals surface area contributed by atoms with Gasteiger partial charge in [0.1, 0.15) is 12.4 Å². The molecule has 0 saturated heterocycles. The maximum atomic E-state index is 11.9. The molecule has 0 spiro atoms. The lowest BCUT2D eigenvalue weighted by molar-refractivity contribution is -0.123. The first kappa shape index (κ1) is 23.7. The number of benzene rings is 3. The van der Waals surface area contributed by atoms with Crippen LogP contribution in [0.2, 0.25) is 15.1 Å². The van der Waals surface area contributed by atoms with Gasteiger partial charge < -0.3 is 14.2 Å². The second-order valence-electron chi connectivity index (χ2n) is 6.48. The van der Waals surface area contributed by atoms with Crippen molar-refractivity contribution < 1.29 is 19.0 Å². The van der Waals surface area contributed by atoms with Gasteiger partial charge in [-0.1, -0.05) is 46.9 Å². The summed E-state index contributed by atoms with van der Waals surface area (Å²) in [5.74, 6) is 1.03. The van der Waals surface area contributed by atoms with Gasteiger partial charge in [-0.2, -0.15) is 5.10 Å². The van der Waals surface area contributed by atoms with Crippen molar-refractivity contribution in [1.82, 2.24) is 5.43 Å². The van der Waals surface area contributed by atoms with Gasteiger partial charge in [-0.05, 0) is 59.7 Å². The van der Waals surface area contributed by atoms with Crippen LogP contribution in [0.15, 0.2) is 65.8 Å². The van der Waals surface area contributed by atoms with Crippen molar-refractivity contribution in [2.24, 2.45) is 5.10 Å². The Morgan fingerprint density at radius 2 is 1.62 bits per heavy atom. The zero-order valence-corrected chi connectivity index (χ0v) is 19.2. The second kappa shape index (κ2) is 11.6. The lowest BCUT2D eigenvalue weighted by Crippen LogP contribution is -2.24. The van der Waals surface area contributed by atoms with E-state index in [-0.39, 0.29) is 6.61 Å². The van der Waals surface area contributed by atoms with Crippen molar-refractivity contribution in [1.29, 1.82) is 0 Å². The van der Waals surface area contributed by atoms with E-state index >= 15 is 0 Å². The van der Waals surface area contributed by atoms with Crippen LogP contribution in [0, 0.1) is 0 Å². The summed E-state index contributed by atoms with van der Waals surface area (Å²) in [6.07, 6.45) is 1.48. The number of ether oxygens (including phenoxy) is 3. The summed E-state index contributed by atoms with van der Waals surface area (Å²) < 4.78 is 16.6. The van der Waals surface area contributed by atoms with Crippen molar-refractivity contribution in [3.05, 3.63) is 86.9 Å². The number of halogens is 3. The van der Waals surface area contributed by atoms with Crippen LogP contribution in [0.4, 0.5) is 0 Å². The van der Waals surface area contributed by atoms with Crippen molar-refractivity contribution in [3.8, 4) is 17.2 Å². The molecule has 3 rings (SSSR count). The number of carbonyl (C=O) groups excluding carboxylic acids is 1. The number of nitrogens with zero attached hydrogens (tertiary/aromatic N) is 1. The van der Waals surface area contributed by atoms with Gasteiger partial charge in [-0.3, -0.25) is 4.79 Å². The van der Waals surface area contributed by atoms with Crippen LogP contribution in [0.3, 0.4) is 0 Å². The quantitative estimate of drug-likeness (QED) is 0.304. The van der Waals surface area contributed by atoms with E-state index in [4.69, 9.17) is 49.0 Å². The Morgan fingerprint density at radius 3 is 2.34 bits per heavy atom. The molecule has 0 atom stereocenters. The number of rotatable bonds is 9. The van der Waals surface area contributed by atoms with Gasteiger partial charge in [-0.25, -0.2) is 5.43 Å². The Kier molecular flexibility index (Phi) is 8.62. The molecule has 0 aliphatic carbocycles. The van der Waals surface area contributed by atoms with Crippen molar-refractivity contribution in [2.75, 3.05) is 13.7 Å². The summed E-state index contributed by atoms with van der Waals surface area (Å²) in [4.78, 5) is 11.9. The van der Waals surface area contributed by atoms with Gasteiger partial charge >= 0.3 is 0 Å². The molecule has 0 aromatic heterocycles. The van der Waals surface area contributed by atoms with Gasteiger partial charge in [0, 0.05) is 10.0 Å². The molecule has 1 amide bonds. The Bertz CT molecular complexity index is 1100. The molecule has 0 bridgehead atoms. The van der Waals surface area contributed by atoms with E-state index in [1.165, 1.54) is 12.3 Å². The molecule has 6 nitrogen and oxygen atoms in total. The normalized spacial score (nSPS) is 10.8. The van der Waals surface area contributed by atoms with Crippen molar-refractivity contribution in [2.45, 2.75) is 6.61 Å². The summed E-state index contributed by atoms with van der Waals surface area (Å²) >= 11 is 17.7. The molecule has 9 heteroatoms. The fourth-order valence-electron chi connectivity index (χ4n) is 2.57. The number of methoxy groups -OCH3 is 1. The highest BCUT2D eigenvalue weighted by Crippen LogP contribution is 2.29. The maximum absolute atomic E-state index is 11.9. The Labute approximate surface area is 200 Å². The molecule has 3 aromatic carbocycles. The summed E-state index contributed by atoms with van der Waals surface area (Å²) in [5.41, 5.74) is 4.08. The van der Waals surface area contributed by atoms with E-state index in [0.29, 0.717) is 44.5 Å². The summed E-state index contributed by atoms with van der Waals surface area (Å²) in [5, 5.41) is 5.40. The minimum atomic E-state index is -0.442. The third-order valence-electron chi connectivity index (χ3n) is 4.15. The summed E-state index contributed by atoms with van der Waals surface area (Å²) in [7, 11) is 1.55. The van der Waals surface area contributed by atoms with Crippen molar-refractivity contribution >= 4 is 46.9 Å². The van der Waals surface area contributed by atoms with Gasteiger partial charge in [0.15, 0.2) is 18.1 Å². The fourth-order valence-corrected chi connectivity index (χ4v) is 3.16. The first-order valence-corrected chi connectivity index (χ1v) is 10.5. The molecule has 1 N–H and O–H groups in total. The molecule has 0 saturated carbocycles. The van der Waals surface area contributed by atoms with E-state index in [1.54, 1.807) is 49.6 Å². The van der Waals surface area contributed by atoms with Crippen LogP contribution >= 0.6 is 34.8 Å². The molecule has 0 aliphatic heterocycles. The minimum Gasteiger partial charge on any atom is -0.493 e. The number of nitrogens with one attached hydrogen (secondary N) is 1. The average Bonchev–Trinajstić information content (AvgIpc) is 2.78. The molecule has 0 heterocycles. The SMILES string of the molecule is COc1cc(/C=N\NC(=O)COc2ccc(Cl)cc2Cl)ccc1OCc1ccc(Cl)cc1. The molecule has 32 heavy (non-hydrogen) atoms. The topological polar surface area (TPSA) is 69.2 Å². The minimum absolute atomic E-state index is 0.251. The van der Waals surface area contributed by atoms with Gasteiger partial charge in [0.05, 0.1) is 18.3 Å². The Morgan fingerprint density at radius 1 is 0.906 bits per heavy atom. The standard InChI is InChI=1S/C23H19Cl3N2O4/c1-30-22-10-16(4-8-21(22)31-13-15-2-5-17(24)6-3-15)12-27-28-23(29)14-32-20-9-7-18(25)11-19(20)26/h2-12H,13-14H2,1H3,(H,28,29)/b27-12-. The summed E-state index contributed by atoms with van der Waals surface area (Å²) in [6.45, 7) is 0.119. The lowest BCUT2D eigenvalue weighted by atomic mass is 10.2. The van der Waals surface area contributed by atoms with E-state index in [2.05, 4.69) is 10.5 Å². The highest BCUT2D eigenvalue weighted by atomic mass is 35.5. The molecule has 0 fully saturated rings. The number of hydrazone groups is 1. The largest absolute Gasteiger partial charge is 0.493 e. The molecule has 0 aliphatic rings. The van der Waals surface area contributed by atoms with Crippen molar-refractivity contribution in [3.63, 3.8) is 0 Å². The molecular weight excluding hydrogens is 475 g/mol.